The maximum Gasteiger partial charge on any atom is 0.227 e. The van der Waals surface area contributed by atoms with Gasteiger partial charge in [-0.15, -0.1) is 0 Å². The zero-order chi connectivity index (χ0) is 17.0. The van der Waals surface area contributed by atoms with Crippen LogP contribution in [-0.4, -0.2) is 24.2 Å². The second-order valence-electron chi connectivity index (χ2n) is 6.22. The lowest BCUT2D eigenvalue weighted by molar-refractivity contribution is -0.124. The minimum absolute atomic E-state index is 0.0545. The second-order valence-corrected chi connectivity index (χ2v) is 6.22. The summed E-state index contributed by atoms with van der Waals surface area (Å²) < 4.78 is 5.59. The van der Waals surface area contributed by atoms with Crippen LogP contribution in [0.3, 0.4) is 0 Å². The van der Waals surface area contributed by atoms with Crippen LogP contribution in [0, 0.1) is 0 Å². The van der Waals surface area contributed by atoms with Crippen molar-refractivity contribution in [1.29, 1.82) is 0 Å². The number of nitrogens with one attached hydrogen (secondary N) is 1. The van der Waals surface area contributed by atoms with Crippen LogP contribution in [0.5, 0.6) is 5.75 Å². The summed E-state index contributed by atoms with van der Waals surface area (Å²) in [5, 5.41) is 13.9. The van der Waals surface area contributed by atoms with Crippen LogP contribution < -0.4 is 10.1 Å². The number of carbonyl (C=O) groups is 1. The van der Waals surface area contributed by atoms with Gasteiger partial charge in [0.05, 0.1) is 19.1 Å². The molecule has 2 aromatic carbocycles. The maximum absolute atomic E-state index is 12.6. The Morgan fingerprint density at radius 1 is 1.21 bits per heavy atom. The molecular formula is C20H23NO3. The fraction of sp³-hybridized carbons (Fsp3) is 0.350. The molecule has 0 saturated carbocycles. The molecule has 24 heavy (non-hydrogen) atoms. The van der Waals surface area contributed by atoms with E-state index in [9.17, 15) is 9.90 Å². The first-order valence-electron chi connectivity index (χ1n) is 8.41. The van der Waals surface area contributed by atoms with Crippen LogP contribution in [0.25, 0.3) is 0 Å². The Kier molecular flexibility index (Phi) is 4.86. The summed E-state index contributed by atoms with van der Waals surface area (Å²) in [7, 11) is 0. The third-order valence-corrected chi connectivity index (χ3v) is 4.64. The first-order valence-corrected chi connectivity index (χ1v) is 8.41. The Bertz CT molecular complexity index is 701. The molecule has 1 heterocycles. The normalized spacial score (nSPS) is 20.6. The lowest BCUT2D eigenvalue weighted by Gasteiger charge is -2.34. The van der Waals surface area contributed by atoms with Gasteiger partial charge in [-0.1, -0.05) is 55.5 Å². The number of rotatable bonds is 5. The van der Waals surface area contributed by atoms with Crippen molar-refractivity contribution in [2.45, 2.75) is 31.3 Å². The molecule has 0 spiro atoms. The van der Waals surface area contributed by atoms with Crippen LogP contribution in [0.1, 0.15) is 36.8 Å². The zero-order valence-corrected chi connectivity index (χ0v) is 13.9. The standard InChI is InChI=1S/C20H23NO3/c1-2-16(15-8-4-3-5-9-15)19(22)21-14-20(23)12-13-24-18-11-7-6-10-17(18)20/h3-11,16,23H,2,12-14H2,1H3,(H,21,22)/t16-,20-/m0/s1. The van der Waals surface area contributed by atoms with Crippen molar-refractivity contribution in [2.75, 3.05) is 13.2 Å². The summed E-state index contributed by atoms with van der Waals surface area (Å²) in [6.45, 7) is 2.63. The van der Waals surface area contributed by atoms with E-state index in [-0.39, 0.29) is 18.4 Å². The average Bonchev–Trinajstić information content (AvgIpc) is 2.62. The van der Waals surface area contributed by atoms with Crippen LogP contribution in [0.15, 0.2) is 54.6 Å². The van der Waals surface area contributed by atoms with Gasteiger partial charge in [-0.05, 0) is 18.1 Å². The molecule has 4 heteroatoms. The van der Waals surface area contributed by atoms with Crippen molar-refractivity contribution in [2.24, 2.45) is 0 Å². The molecule has 2 atom stereocenters. The molecule has 1 aliphatic rings. The number of fused-ring (bicyclic) bond motifs is 1. The number of aliphatic hydroxyl groups is 1. The predicted octanol–water partition coefficient (Wildman–Crippen LogP) is 2.97. The van der Waals surface area contributed by atoms with Gasteiger partial charge in [0.2, 0.25) is 5.91 Å². The van der Waals surface area contributed by atoms with E-state index in [1.165, 1.54) is 0 Å². The molecule has 126 valence electrons. The first-order chi connectivity index (χ1) is 11.6. The van der Waals surface area contributed by atoms with Gasteiger partial charge in [0.1, 0.15) is 11.4 Å². The van der Waals surface area contributed by atoms with Crippen LogP contribution in [0.4, 0.5) is 0 Å². The fourth-order valence-electron chi connectivity index (χ4n) is 3.24. The molecule has 3 rings (SSSR count). The van der Waals surface area contributed by atoms with Gasteiger partial charge in [0.15, 0.2) is 0 Å². The number of para-hydroxylation sites is 1. The number of ether oxygens (including phenoxy) is 1. The van der Waals surface area contributed by atoms with Gasteiger partial charge in [0.25, 0.3) is 0 Å². The summed E-state index contributed by atoms with van der Waals surface area (Å²) in [5.41, 5.74) is 0.653. The van der Waals surface area contributed by atoms with Crippen molar-refractivity contribution in [3.63, 3.8) is 0 Å². The van der Waals surface area contributed by atoms with Gasteiger partial charge >= 0.3 is 0 Å². The summed E-state index contributed by atoms with van der Waals surface area (Å²) in [6.07, 6.45) is 1.18. The smallest absolute Gasteiger partial charge is 0.227 e. The average molecular weight is 325 g/mol. The van der Waals surface area contributed by atoms with Crippen molar-refractivity contribution < 1.29 is 14.6 Å². The Hall–Kier alpha value is -2.33. The van der Waals surface area contributed by atoms with Gasteiger partial charge in [-0.25, -0.2) is 0 Å². The number of amides is 1. The number of carbonyl (C=O) groups excluding carboxylic acids is 1. The molecule has 2 aromatic rings. The molecular weight excluding hydrogens is 302 g/mol. The molecule has 1 aliphatic heterocycles. The summed E-state index contributed by atoms with van der Waals surface area (Å²) in [4.78, 5) is 12.6. The minimum Gasteiger partial charge on any atom is -0.493 e. The number of hydrogen-bond acceptors (Lipinski definition) is 3. The first kappa shape index (κ1) is 16.5. The Labute approximate surface area is 142 Å². The van der Waals surface area contributed by atoms with Crippen molar-refractivity contribution in [1.82, 2.24) is 5.32 Å². The molecule has 0 unspecified atom stereocenters. The lowest BCUT2D eigenvalue weighted by Crippen LogP contribution is -2.45. The quantitative estimate of drug-likeness (QED) is 0.888. The van der Waals surface area contributed by atoms with E-state index < -0.39 is 5.60 Å². The van der Waals surface area contributed by atoms with Crippen LogP contribution >= 0.6 is 0 Å². The molecule has 1 amide bonds. The Morgan fingerprint density at radius 3 is 2.67 bits per heavy atom. The molecule has 0 saturated heterocycles. The molecule has 4 nitrogen and oxygen atoms in total. The number of benzene rings is 2. The van der Waals surface area contributed by atoms with Gasteiger partial charge in [0, 0.05) is 12.0 Å². The van der Waals surface area contributed by atoms with Gasteiger partial charge in [-0.2, -0.15) is 0 Å². The van der Waals surface area contributed by atoms with E-state index in [0.717, 1.165) is 11.1 Å². The highest BCUT2D eigenvalue weighted by atomic mass is 16.5. The van der Waals surface area contributed by atoms with Gasteiger partial charge in [-0.3, -0.25) is 4.79 Å². The highest BCUT2D eigenvalue weighted by molar-refractivity contribution is 5.83. The largest absolute Gasteiger partial charge is 0.493 e. The maximum atomic E-state index is 12.6. The molecule has 0 bridgehead atoms. The third-order valence-electron chi connectivity index (χ3n) is 4.64. The summed E-state index contributed by atoms with van der Waals surface area (Å²) >= 11 is 0. The zero-order valence-electron chi connectivity index (χ0n) is 13.9. The highest BCUT2D eigenvalue weighted by Gasteiger charge is 2.36. The summed E-state index contributed by atoms with van der Waals surface area (Å²) in [5.74, 6) is 0.432. The fourth-order valence-corrected chi connectivity index (χ4v) is 3.24. The molecule has 0 aliphatic carbocycles. The Balaban J connectivity index is 1.72. The van der Waals surface area contributed by atoms with Crippen molar-refractivity contribution in [3.05, 3.63) is 65.7 Å². The number of hydrogen-bond donors (Lipinski definition) is 2. The van der Waals surface area contributed by atoms with Crippen LogP contribution in [-0.2, 0) is 10.4 Å². The third kappa shape index (κ3) is 3.29. The SMILES string of the molecule is CC[C@H](C(=O)NC[C@@]1(O)CCOc2ccccc21)c1ccccc1. The topological polar surface area (TPSA) is 58.6 Å². The van der Waals surface area contributed by atoms with E-state index in [4.69, 9.17) is 4.74 Å². The second kappa shape index (κ2) is 7.05. The van der Waals surface area contributed by atoms with E-state index in [2.05, 4.69) is 5.32 Å². The highest BCUT2D eigenvalue weighted by Crippen LogP contribution is 2.36. The summed E-state index contributed by atoms with van der Waals surface area (Å²) in [6, 6.07) is 17.2. The lowest BCUT2D eigenvalue weighted by atomic mass is 9.87. The molecule has 0 aromatic heterocycles. The minimum atomic E-state index is -1.08. The predicted molar refractivity (Wildman–Crippen MR) is 92.9 cm³/mol. The van der Waals surface area contributed by atoms with E-state index in [1.807, 2.05) is 61.5 Å². The molecule has 0 radical (unpaired) electrons. The van der Waals surface area contributed by atoms with Gasteiger partial charge < -0.3 is 15.2 Å². The molecule has 2 N–H and O–H groups in total. The Morgan fingerprint density at radius 2 is 1.92 bits per heavy atom. The van der Waals surface area contributed by atoms with E-state index in [0.29, 0.717) is 25.2 Å². The van der Waals surface area contributed by atoms with Crippen LogP contribution in [0.2, 0.25) is 0 Å². The monoisotopic (exact) mass is 325 g/mol. The van der Waals surface area contributed by atoms with E-state index >= 15 is 0 Å². The van der Waals surface area contributed by atoms with Crippen molar-refractivity contribution >= 4 is 5.91 Å². The molecule has 0 fully saturated rings. The van der Waals surface area contributed by atoms with E-state index in [1.54, 1.807) is 0 Å². The van der Waals surface area contributed by atoms with Crippen molar-refractivity contribution in [3.8, 4) is 5.75 Å².